The zero-order valence-corrected chi connectivity index (χ0v) is 31.6. The van der Waals surface area contributed by atoms with Gasteiger partial charge in [0.15, 0.2) is 11.9 Å². The summed E-state index contributed by atoms with van der Waals surface area (Å²) < 4.78 is 35.9. The van der Waals surface area contributed by atoms with E-state index in [1.807, 2.05) is 0 Å². The van der Waals surface area contributed by atoms with Crippen LogP contribution in [0, 0.1) is 22.2 Å². The van der Waals surface area contributed by atoms with E-state index in [1.54, 1.807) is 112 Å². The quantitative estimate of drug-likeness (QED) is 0.148. The zero-order valence-electron chi connectivity index (χ0n) is 30.8. The fraction of sp³-hybridized carbons (Fsp3) is 0.590. The van der Waals surface area contributed by atoms with Crippen molar-refractivity contribution in [1.82, 2.24) is 0 Å². The van der Waals surface area contributed by atoms with E-state index in [9.17, 15) is 19.2 Å². The number of ketones is 1. The van der Waals surface area contributed by atoms with Crippen molar-refractivity contribution in [2.75, 3.05) is 19.8 Å². The molecule has 0 spiro atoms. The van der Waals surface area contributed by atoms with E-state index in [-0.39, 0.29) is 29.1 Å². The Morgan fingerprint density at radius 3 is 1.92 bits per heavy atom. The van der Waals surface area contributed by atoms with E-state index in [4.69, 9.17) is 40.0 Å². The van der Waals surface area contributed by atoms with Gasteiger partial charge in [0, 0.05) is 23.5 Å². The highest BCUT2D eigenvalue weighted by atomic mass is 35.5. The van der Waals surface area contributed by atoms with Crippen LogP contribution in [0.3, 0.4) is 0 Å². The molecule has 11 heteroatoms. The standard InChI is InChI=1S/C39H51ClO10/c1-22-29(21-46-34(42)37(2,3)4)48-32(33(50-36(44)39(8,9)10)31(22)49-35(43)38(5,6)7)24-13-16-28(40)27(19-24)30(41)23-11-14-25(15-12-23)47-26-17-18-45-20-26/h11-16,19,22,26,29,31-33H,17-18,20-21H2,1-10H3/t22-,26+,29-,31+,32+,33-/m1/s1. The first-order valence-corrected chi connectivity index (χ1v) is 17.5. The molecule has 2 fully saturated rings. The minimum absolute atomic E-state index is 0.0338. The molecule has 10 nitrogen and oxygen atoms in total. The molecule has 2 aliphatic rings. The van der Waals surface area contributed by atoms with Gasteiger partial charge in [-0.1, -0.05) is 24.6 Å². The van der Waals surface area contributed by atoms with Gasteiger partial charge in [0.1, 0.15) is 30.7 Å². The summed E-state index contributed by atoms with van der Waals surface area (Å²) >= 11 is 6.62. The third-order valence-electron chi connectivity index (χ3n) is 8.62. The number of halogens is 1. The highest BCUT2D eigenvalue weighted by Crippen LogP contribution is 2.42. The molecule has 0 aliphatic carbocycles. The summed E-state index contributed by atoms with van der Waals surface area (Å²) in [6.45, 7) is 18.4. The lowest BCUT2D eigenvalue weighted by atomic mass is 9.84. The van der Waals surface area contributed by atoms with E-state index in [2.05, 4.69) is 0 Å². The number of hydrogen-bond donors (Lipinski definition) is 0. The summed E-state index contributed by atoms with van der Waals surface area (Å²) in [7, 11) is 0. The predicted octanol–water partition coefficient (Wildman–Crippen LogP) is 7.32. The van der Waals surface area contributed by atoms with E-state index in [0.29, 0.717) is 30.1 Å². The molecule has 2 aliphatic heterocycles. The molecule has 4 rings (SSSR count). The van der Waals surface area contributed by atoms with Crippen LogP contribution in [0.25, 0.3) is 0 Å². The van der Waals surface area contributed by atoms with Gasteiger partial charge < -0.3 is 28.4 Å². The van der Waals surface area contributed by atoms with Gasteiger partial charge in [0.05, 0.1) is 40.6 Å². The highest BCUT2D eigenvalue weighted by Gasteiger charge is 2.51. The fourth-order valence-corrected chi connectivity index (χ4v) is 5.55. The average Bonchev–Trinajstić information content (AvgIpc) is 3.54. The summed E-state index contributed by atoms with van der Waals surface area (Å²) in [5.74, 6) is -1.74. The van der Waals surface area contributed by atoms with Crippen LogP contribution in [0.4, 0.5) is 0 Å². The molecular weight excluding hydrogens is 664 g/mol. The normalized spacial score (nSPS) is 24.3. The van der Waals surface area contributed by atoms with Crippen molar-refractivity contribution in [3.63, 3.8) is 0 Å². The van der Waals surface area contributed by atoms with E-state index < -0.39 is 64.5 Å². The monoisotopic (exact) mass is 714 g/mol. The van der Waals surface area contributed by atoms with Crippen molar-refractivity contribution in [3.05, 3.63) is 64.2 Å². The number of ether oxygens (including phenoxy) is 6. The maximum absolute atomic E-state index is 13.9. The maximum atomic E-state index is 13.9. The second kappa shape index (κ2) is 15.4. The van der Waals surface area contributed by atoms with Gasteiger partial charge in [-0.05, 0) is 104 Å². The van der Waals surface area contributed by atoms with Crippen molar-refractivity contribution in [1.29, 1.82) is 0 Å². The molecule has 0 unspecified atom stereocenters. The number of benzene rings is 2. The molecule has 0 radical (unpaired) electrons. The zero-order chi connectivity index (χ0) is 37.2. The summed E-state index contributed by atoms with van der Waals surface area (Å²) in [5, 5.41) is 0.209. The minimum atomic E-state index is -1.11. The first-order chi connectivity index (χ1) is 23.2. The van der Waals surface area contributed by atoms with Gasteiger partial charge in [0.25, 0.3) is 0 Å². The summed E-state index contributed by atoms with van der Waals surface area (Å²) in [5.41, 5.74) is -1.48. The van der Waals surface area contributed by atoms with Crippen molar-refractivity contribution in [3.8, 4) is 5.75 Å². The first-order valence-electron chi connectivity index (χ1n) is 17.1. The molecule has 0 saturated carbocycles. The number of rotatable bonds is 9. The number of hydrogen-bond acceptors (Lipinski definition) is 10. The molecule has 0 bridgehead atoms. The Morgan fingerprint density at radius 1 is 0.800 bits per heavy atom. The molecular formula is C39H51ClO10. The van der Waals surface area contributed by atoms with Crippen molar-refractivity contribution >= 4 is 35.3 Å². The van der Waals surface area contributed by atoms with Crippen molar-refractivity contribution in [2.24, 2.45) is 22.2 Å². The molecule has 2 aromatic rings. The second-order valence-corrected chi connectivity index (χ2v) is 16.6. The average molecular weight is 715 g/mol. The molecule has 2 aromatic carbocycles. The lowest BCUT2D eigenvalue weighted by Crippen LogP contribution is -2.55. The summed E-state index contributed by atoms with van der Waals surface area (Å²) in [6.07, 6.45) is -3.13. The number of carbonyl (C=O) groups is 4. The van der Waals surface area contributed by atoms with Gasteiger partial charge >= 0.3 is 17.9 Å². The SMILES string of the molecule is C[C@H]1[C@H](OC(=O)C(C)(C)C)[C@@H](OC(=O)C(C)(C)C)[C@H](c2ccc(Cl)c(C(=O)c3ccc(O[C@H]4CCOC4)cc3)c2)O[C@@H]1COC(=O)C(C)(C)C. The van der Waals surface area contributed by atoms with Gasteiger partial charge in [-0.2, -0.15) is 0 Å². The molecule has 2 saturated heterocycles. The lowest BCUT2D eigenvalue weighted by molar-refractivity contribution is -0.239. The Bertz CT molecular complexity index is 1540. The summed E-state index contributed by atoms with van der Waals surface area (Å²) in [4.78, 5) is 53.4. The van der Waals surface area contributed by atoms with Gasteiger partial charge in [0.2, 0.25) is 0 Å². The predicted molar refractivity (Wildman–Crippen MR) is 187 cm³/mol. The smallest absolute Gasteiger partial charge is 0.311 e. The van der Waals surface area contributed by atoms with E-state index >= 15 is 0 Å². The Hall–Kier alpha value is -3.47. The fourth-order valence-electron chi connectivity index (χ4n) is 5.34. The molecule has 274 valence electrons. The Kier molecular flexibility index (Phi) is 12.1. The van der Waals surface area contributed by atoms with E-state index in [0.717, 1.165) is 6.42 Å². The van der Waals surface area contributed by atoms with Crippen LogP contribution in [-0.2, 0) is 38.1 Å². The summed E-state index contributed by atoms with van der Waals surface area (Å²) in [6, 6.07) is 11.7. The Labute approximate surface area is 300 Å². The molecule has 2 heterocycles. The van der Waals surface area contributed by atoms with E-state index in [1.165, 1.54) is 0 Å². The second-order valence-electron chi connectivity index (χ2n) is 16.2. The third-order valence-corrected chi connectivity index (χ3v) is 8.95. The molecule has 0 aromatic heterocycles. The topological polar surface area (TPSA) is 124 Å². The van der Waals surface area contributed by atoms with Crippen LogP contribution in [0.1, 0.15) is 103 Å². The highest BCUT2D eigenvalue weighted by molar-refractivity contribution is 6.35. The third kappa shape index (κ3) is 9.65. The number of carbonyl (C=O) groups excluding carboxylic acids is 4. The molecule has 0 N–H and O–H groups in total. The van der Waals surface area contributed by atoms with Crippen molar-refractivity contribution < 1.29 is 47.6 Å². The van der Waals surface area contributed by atoms with Gasteiger partial charge in [-0.3, -0.25) is 19.2 Å². The molecule has 50 heavy (non-hydrogen) atoms. The number of esters is 3. The van der Waals surface area contributed by atoms with Crippen LogP contribution >= 0.6 is 11.6 Å². The molecule has 6 atom stereocenters. The lowest BCUT2D eigenvalue weighted by Gasteiger charge is -2.45. The van der Waals surface area contributed by atoms with Crippen LogP contribution in [-0.4, -0.2) is 67.9 Å². The Balaban J connectivity index is 1.73. The minimum Gasteiger partial charge on any atom is -0.488 e. The maximum Gasteiger partial charge on any atom is 0.311 e. The largest absolute Gasteiger partial charge is 0.488 e. The molecule has 0 amide bonds. The van der Waals surface area contributed by atoms with Crippen LogP contribution < -0.4 is 4.74 Å². The van der Waals surface area contributed by atoms with Gasteiger partial charge in [-0.15, -0.1) is 0 Å². The first kappa shape index (κ1) is 39.3. The Morgan fingerprint density at radius 2 is 1.38 bits per heavy atom. The van der Waals surface area contributed by atoms with Crippen LogP contribution in [0.2, 0.25) is 5.02 Å². The van der Waals surface area contributed by atoms with Gasteiger partial charge in [-0.25, -0.2) is 0 Å². The van der Waals surface area contributed by atoms with Crippen LogP contribution in [0.5, 0.6) is 5.75 Å². The van der Waals surface area contributed by atoms with Crippen LogP contribution in [0.15, 0.2) is 42.5 Å². The van der Waals surface area contributed by atoms with Crippen molar-refractivity contribution in [2.45, 2.75) is 106 Å².